The van der Waals surface area contributed by atoms with E-state index in [0.717, 1.165) is 27.7 Å². The number of hydrogen-bond acceptors (Lipinski definition) is 4. The fraction of sp³-hybridized carbons (Fsp3) is 0.0714. The van der Waals surface area contributed by atoms with E-state index in [-0.39, 0.29) is 0 Å². The average Bonchev–Trinajstić information content (AvgIpc) is 3.08. The fourth-order valence-electron chi connectivity index (χ4n) is 2.22. The molecular formula is C14H10N4O. The second-order valence-electron chi connectivity index (χ2n) is 4.43. The van der Waals surface area contributed by atoms with Crippen LogP contribution in [0.15, 0.2) is 47.5 Å². The average molecular weight is 250 g/mol. The van der Waals surface area contributed by atoms with Crippen molar-refractivity contribution in [2.45, 2.75) is 6.92 Å². The number of nitrogens with zero attached hydrogens (tertiary/aromatic N) is 4. The quantitative estimate of drug-likeness (QED) is 0.521. The van der Waals surface area contributed by atoms with Crippen LogP contribution in [0.5, 0.6) is 0 Å². The number of benzene rings is 1. The van der Waals surface area contributed by atoms with Gasteiger partial charge in [0.05, 0.1) is 17.3 Å². The van der Waals surface area contributed by atoms with Crippen molar-refractivity contribution in [3.8, 4) is 11.4 Å². The Morgan fingerprint density at radius 2 is 2.16 bits per heavy atom. The van der Waals surface area contributed by atoms with Crippen molar-refractivity contribution < 1.29 is 4.42 Å². The number of furan rings is 1. The summed E-state index contributed by atoms with van der Waals surface area (Å²) < 4.78 is 6.77. The van der Waals surface area contributed by atoms with Gasteiger partial charge in [-0.1, -0.05) is 12.1 Å². The van der Waals surface area contributed by atoms with Crippen LogP contribution in [-0.4, -0.2) is 19.6 Å². The maximum absolute atomic E-state index is 5.07. The summed E-state index contributed by atoms with van der Waals surface area (Å²) in [5.74, 6) is 0.643. The van der Waals surface area contributed by atoms with E-state index in [4.69, 9.17) is 4.42 Å². The lowest BCUT2D eigenvalue weighted by atomic mass is 10.1. The highest BCUT2D eigenvalue weighted by molar-refractivity contribution is 5.93. The normalized spacial score (nSPS) is 11.4. The number of fused-ring (bicyclic) bond motifs is 3. The van der Waals surface area contributed by atoms with Crippen molar-refractivity contribution in [2.24, 2.45) is 0 Å². The van der Waals surface area contributed by atoms with Gasteiger partial charge in [-0.15, -0.1) is 5.10 Å². The second kappa shape index (κ2) is 3.65. The molecule has 92 valence electrons. The minimum Gasteiger partial charge on any atom is -0.472 e. The lowest BCUT2D eigenvalue weighted by molar-refractivity contribution is 0.568. The van der Waals surface area contributed by atoms with Crippen LogP contribution in [0.3, 0.4) is 0 Å². The van der Waals surface area contributed by atoms with Gasteiger partial charge in [-0.25, -0.2) is 14.5 Å². The lowest BCUT2D eigenvalue weighted by Crippen LogP contribution is -1.92. The van der Waals surface area contributed by atoms with Crippen molar-refractivity contribution in [3.63, 3.8) is 0 Å². The summed E-state index contributed by atoms with van der Waals surface area (Å²) in [6.07, 6.45) is 4.94. The van der Waals surface area contributed by atoms with E-state index in [1.807, 2.05) is 31.2 Å². The van der Waals surface area contributed by atoms with Gasteiger partial charge in [-0.2, -0.15) is 0 Å². The van der Waals surface area contributed by atoms with Crippen LogP contribution >= 0.6 is 0 Å². The summed E-state index contributed by atoms with van der Waals surface area (Å²) in [5, 5.41) is 5.42. The SMILES string of the molecule is Cc1cccc2c1ncn1nc(-c3ccoc3)nc21. The zero-order chi connectivity index (χ0) is 12.8. The minimum absolute atomic E-state index is 0.643. The summed E-state index contributed by atoms with van der Waals surface area (Å²) in [6, 6.07) is 7.90. The van der Waals surface area contributed by atoms with Gasteiger partial charge in [0, 0.05) is 5.39 Å². The van der Waals surface area contributed by atoms with Crippen molar-refractivity contribution in [1.82, 2.24) is 19.6 Å². The predicted molar refractivity (Wildman–Crippen MR) is 70.7 cm³/mol. The predicted octanol–water partition coefficient (Wildman–Crippen LogP) is 2.85. The molecule has 5 nitrogen and oxygen atoms in total. The first kappa shape index (κ1) is 10.3. The zero-order valence-electron chi connectivity index (χ0n) is 10.2. The molecule has 3 aromatic heterocycles. The van der Waals surface area contributed by atoms with Crippen LogP contribution in [0.1, 0.15) is 5.56 Å². The molecule has 1 aromatic carbocycles. The van der Waals surface area contributed by atoms with Crippen molar-refractivity contribution in [2.75, 3.05) is 0 Å². The molecule has 0 aliphatic carbocycles. The molecule has 5 heteroatoms. The summed E-state index contributed by atoms with van der Waals surface area (Å²) in [4.78, 5) is 9.02. The molecule has 3 heterocycles. The van der Waals surface area contributed by atoms with E-state index in [1.165, 1.54) is 0 Å². The van der Waals surface area contributed by atoms with Gasteiger partial charge in [0.2, 0.25) is 0 Å². The van der Waals surface area contributed by atoms with E-state index in [2.05, 4.69) is 15.1 Å². The zero-order valence-corrected chi connectivity index (χ0v) is 10.2. The Kier molecular flexibility index (Phi) is 1.97. The number of aromatic nitrogens is 4. The number of para-hydroxylation sites is 1. The Morgan fingerprint density at radius 3 is 3.00 bits per heavy atom. The van der Waals surface area contributed by atoms with Crippen LogP contribution in [0.4, 0.5) is 0 Å². The van der Waals surface area contributed by atoms with Gasteiger partial charge in [0.25, 0.3) is 0 Å². The van der Waals surface area contributed by atoms with Crippen molar-refractivity contribution in [1.29, 1.82) is 0 Å². The lowest BCUT2D eigenvalue weighted by Gasteiger charge is -2.00. The van der Waals surface area contributed by atoms with Crippen LogP contribution in [-0.2, 0) is 0 Å². The molecule has 0 atom stereocenters. The molecule has 0 aliphatic rings. The molecule has 0 saturated heterocycles. The van der Waals surface area contributed by atoms with Gasteiger partial charge < -0.3 is 4.42 Å². The second-order valence-corrected chi connectivity index (χ2v) is 4.43. The van der Waals surface area contributed by atoms with Crippen molar-refractivity contribution >= 4 is 16.6 Å². The highest BCUT2D eigenvalue weighted by Crippen LogP contribution is 2.22. The molecule has 0 saturated carbocycles. The van der Waals surface area contributed by atoms with Gasteiger partial charge in [-0.05, 0) is 24.6 Å². The van der Waals surface area contributed by atoms with Gasteiger partial charge in [0.15, 0.2) is 11.5 Å². The molecule has 0 aliphatic heterocycles. The number of hydrogen-bond donors (Lipinski definition) is 0. The third kappa shape index (κ3) is 1.45. The molecule has 4 rings (SSSR count). The first-order valence-electron chi connectivity index (χ1n) is 5.96. The Bertz CT molecular complexity index is 877. The van der Waals surface area contributed by atoms with E-state index in [0.29, 0.717) is 5.82 Å². The largest absolute Gasteiger partial charge is 0.472 e. The van der Waals surface area contributed by atoms with Crippen LogP contribution in [0.2, 0.25) is 0 Å². The van der Waals surface area contributed by atoms with Crippen LogP contribution in [0, 0.1) is 6.92 Å². The molecule has 4 aromatic rings. The maximum atomic E-state index is 5.07. The van der Waals surface area contributed by atoms with E-state index < -0.39 is 0 Å². The fourth-order valence-corrected chi connectivity index (χ4v) is 2.22. The molecule has 0 unspecified atom stereocenters. The molecule has 0 amide bonds. The Morgan fingerprint density at radius 1 is 1.21 bits per heavy atom. The number of rotatable bonds is 1. The third-order valence-electron chi connectivity index (χ3n) is 3.19. The summed E-state index contributed by atoms with van der Waals surface area (Å²) in [7, 11) is 0. The molecule has 0 radical (unpaired) electrons. The topological polar surface area (TPSA) is 56.2 Å². The monoisotopic (exact) mass is 250 g/mol. The molecular weight excluding hydrogens is 240 g/mol. The first-order chi connectivity index (χ1) is 9.33. The van der Waals surface area contributed by atoms with E-state index >= 15 is 0 Å². The summed E-state index contributed by atoms with van der Waals surface area (Å²) in [5.41, 5.74) is 3.77. The van der Waals surface area contributed by atoms with E-state index in [1.54, 1.807) is 23.4 Å². The van der Waals surface area contributed by atoms with Crippen LogP contribution in [0.25, 0.3) is 27.9 Å². The van der Waals surface area contributed by atoms with Gasteiger partial charge in [0.1, 0.15) is 12.6 Å². The van der Waals surface area contributed by atoms with Gasteiger partial charge >= 0.3 is 0 Å². The van der Waals surface area contributed by atoms with E-state index in [9.17, 15) is 0 Å². The Balaban J connectivity index is 2.09. The van der Waals surface area contributed by atoms with Gasteiger partial charge in [-0.3, -0.25) is 0 Å². The third-order valence-corrected chi connectivity index (χ3v) is 3.19. The summed E-state index contributed by atoms with van der Waals surface area (Å²) in [6.45, 7) is 2.04. The molecule has 0 spiro atoms. The highest BCUT2D eigenvalue weighted by atomic mass is 16.3. The molecule has 0 bridgehead atoms. The Hall–Kier alpha value is -2.69. The smallest absolute Gasteiger partial charge is 0.185 e. The Labute approximate surface area is 108 Å². The highest BCUT2D eigenvalue weighted by Gasteiger charge is 2.11. The molecule has 0 fully saturated rings. The summed E-state index contributed by atoms with van der Waals surface area (Å²) >= 11 is 0. The van der Waals surface area contributed by atoms with Crippen molar-refractivity contribution in [3.05, 3.63) is 48.7 Å². The van der Waals surface area contributed by atoms with Crippen LogP contribution < -0.4 is 0 Å². The maximum Gasteiger partial charge on any atom is 0.185 e. The standard InChI is InChI=1S/C14H10N4O/c1-9-3-2-4-11-12(9)15-8-18-14(11)16-13(17-18)10-5-6-19-7-10/h2-8H,1H3. The number of aryl methyl sites for hydroxylation is 1. The molecule has 19 heavy (non-hydrogen) atoms. The minimum atomic E-state index is 0.643. The molecule has 0 N–H and O–H groups in total. The first-order valence-corrected chi connectivity index (χ1v) is 5.96.